The predicted molar refractivity (Wildman–Crippen MR) is 392 cm³/mol. The van der Waals surface area contributed by atoms with Crippen molar-refractivity contribution in [3.63, 3.8) is 0 Å². The van der Waals surface area contributed by atoms with E-state index in [4.69, 9.17) is 18.1 Å². The van der Waals surface area contributed by atoms with Crippen LogP contribution in [-0.4, -0.2) is 42.9 Å². The van der Waals surface area contributed by atoms with Crippen LogP contribution >= 0.6 is 15.2 Å². The topological polar surface area (TPSA) is 108 Å². The van der Waals surface area contributed by atoms with E-state index in [-0.39, 0.29) is 6.42 Å². The van der Waals surface area contributed by atoms with Crippen LogP contribution in [0.15, 0.2) is 0 Å². The lowest BCUT2D eigenvalue weighted by Crippen LogP contribution is -2.19. The molecule has 534 valence electrons. The van der Waals surface area contributed by atoms with E-state index in [0.717, 1.165) is 77.0 Å². The average Bonchev–Trinajstić information content (AvgIpc) is 1.61. The van der Waals surface area contributed by atoms with E-state index in [0.29, 0.717) is 52.1 Å². The van der Waals surface area contributed by atoms with Crippen molar-refractivity contribution in [1.82, 2.24) is 0 Å². The molecular weight excluding hydrogens is 1140 g/mol. The normalized spacial score (nSPS) is 12.2. The van der Waals surface area contributed by atoms with Crippen molar-refractivity contribution in [3.8, 4) is 0 Å². The van der Waals surface area contributed by atoms with Crippen LogP contribution in [0.2, 0.25) is 0 Å². The van der Waals surface area contributed by atoms with E-state index in [1.807, 2.05) is 0 Å². The molecule has 0 atom stereocenters. The largest absolute Gasteiger partial charge is 0.481 e. The van der Waals surface area contributed by atoms with E-state index in [1.165, 1.54) is 334 Å². The molecule has 1 N–H and O–H groups in total. The Balaban J connectivity index is 5.85. The van der Waals surface area contributed by atoms with Crippen molar-refractivity contribution in [2.75, 3.05) is 26.4 Å². The number of carboxylic acid groups (broad SMARTS) is 1. The maximum absolute atomic E-state index is 15.7. The van der Waals surface area contributed by atoms with Gasteiger partial charge in [0.2, 0.25) is 0 Å². The first-order valence-corrected chi connectivity index (χ1v) is 44.0. The zero-order valence-corrected chi connectivity index (χ0v) is 62.7. The molecule has 0 aliphatic rings. The summed E-state index contributed by atoms with van der Waals surface area (Å²) in [6, 6.07) is 0. The fourth-order valence-corrected chi connectivity index (χ4v) is 18.6. The molecule has 0 bridgehead atoms. The third kappa shape index (κ3) is 64.9. The Kier molecular flexibility index (Phi) is 73.4. The van der Waals surface area contributed by atoms with Crippen molar-refractivity contribution in [2.24, 2.45) is 0 Å². The van der Waals surface area contributed by atoms with Gasteiger partial charge in [-0.25, -0.2) is 0 Å². The zero-order valence-electron chi connectivity index (χ0n) is 60.9. The van der Waals surface area contributed by atoms with Gasteiger partial charge in [0.05, 0.1) is 26.4 Å². The minimum Gasteiger partial charge on any atom is -0.481 e. The molecule has 0 aromatic carbocycles. The number of rotatable bonds is 80. The first-order chi connectivity index (χ1) is 43.8. The molecule has 10 heteroatoms. The van der Waals surface area contributed by atoms with Gasteiger partial charge >= 0.3 is 21.2 Å². The highest BCUT2D eigenvalue weighted by Gasteiger charge is 2.50. The standard InChI is InChI=1S/C79H160O8P2/c1-5-9-13-17-21-25-29-33-37-41-45-49-53-57-61-68-74-84-88(82,85-75-69-62-58-54-50-46-42-38-34-30-26-22-18-14-10-6-2)79(73-67-65-66-72-78(80)81)89(83,86-76-70-63-59-55-51-47-43-39-35-31-27-23-19-15-11-7-3)87-77-71-64-60-56-52-48-44-40-36-32-28-24-20-16-12-8-4/h79H,5-77H2,1-4H3,(H,80,81). The molecular formula is C79H160O8P2. The molecule has 0 aromatic heterocycles. The van der Waals surface area contributed by atoms with Crippen LogP contribution in [0.1, 0.15) is 471 Å². The minimum absolute atomic E-state index is 0.0804. The molecule has 0 aliphatic heterocycles. The fraction of sp³-hybridized carbons (Fsp3) is 0.987. The van der Waals surface area contributed by atoms with Crippen molar-refractivity contribution in [2.45, 2.75) is 476 Å². The van der Waals surface area contributed by atoms with Gasteiger partial charge in [-0.2, -0.15) is 0 Å². The highest BCUT2D eigenvalue weighted by atomic mass is 31.2. The van der Waals surface area contributed by atoms with Crippen LogP contribution in [0.25, 0.3) is 0 Å². The summed E-state index contributed by atoms with van der Waals surface area (Å²) in [6.45, 7) is 10.3. The van der Waals surface area contributed by atoms with Gasteiger partial charge in [-0.05, 0) is 38.5 Å². The van der Waals surface area contributed by atoms with Crippen LogP contribution in [0.4, 0.5) is 0 Å². The van der Waals surface area contributed by atoms with Gasteiger partial charge in [-0.1, -0.05) is 426 Å². The first-order valence-electron chi connectivity index (χ1n) is 40.8. The average molecular weight is 1300 g/mol. The fourth-order valence-electron chi connectivity index (χ4n) is 13.1. The number of unbranched alkanes of at least 4 members (excludes halogenated alkanes) is 62. The summed E-state index contributed by atoms with van der Waals surface area (Å²) in [7, 11) is -8.03. The van der Waals surface area contributed by atoms with Crippen molar-refractivity contribution in [3.05, 3.63) is 0 Å². The van der Waals surface area contributed by atoms with Crippen LogP contribution in [0.3, 0.4) is 0 Å². The summed E-state index contributed by atoms with van der Waals surface area (Å²) < 4.78 is 57.7. The molecule has 0 rings (SSSR count). The van der Waals surface area contributed by atoms with Gasteiger partial charge in [0.15, 0.2) is 5.40 Å². The lowest BCUT2D eigenvalue weighted by Gasteiger charge is -2.32. The summed E-state index contributed by atoms with van der Waals surface area (Å²) in [6.07, 6.45) is 83.8. The molecule has 0 aromatic rings. The Morgan fingerprint density at radius 2 is 0.382 bits per heavy atom. The van der Waals surface area contributed by atoms with Gasteiger partial charge < -0.3 is 23.2 Å². The summed E-state index contributed by atoms with van der Waals surface area (Å²) in [5.74, 6) is -0.813. The quantitative estimate of drug-likeness (QED) is 0.0474. The van der Waals surface area contributed by atoms with E-state index in [1.54, 1.807) is 0 Å². The molecule has 0 radical (unpaired) electrons. The Bertz CT molecular complexity index is 1280. The number of carbonyl (C=O) groups is 1. The molecule has 0 aliphatic carbocycles. The Hall–Kier alpha value is -0.230. The summed E-state index contributed by atoms with van der Waals surface area (Å²) in [5, 5.41) is 8.47. The Morgan fingerprint density at radius 1 is 0.236 bits per heavy atom. The second kappa shape index (κ2) is 73.6. The SMILES string of the molecule is CCCCCCCCCCCCCCCCCCOP(=O)(OCCCCCCCCCCCCCCCCCC)C(CCCCCC(=O)O)P(=O)(OCCCCCCCCCCCCCCCCCC)OCCCCCCCCCCCCCCCCCC. The van der Waals surface area contributed by atoms with Crippen molar-refractivity contribution < 1.29 is 37.1 Å². The molecule has 0 heterocycles. The van der Waals surface area contributed by atoms with Gasteiger partial charge in [-0.15, -0.1) is 0 Å². The van der Waals surface area contributed by atoms with E-state index < -0.39 is 26.6 Å². The highest BCUT2D eigenvalue weighted by molar-refractivity contribution is 7.72. The van der Waals surface area contributed by atoms with E-state index >= 15 is 9.13 Å². The van der Waals surface area contributed by atoms with Crippen LogP contribution in [0.5, 0.6) is 0 Å². The molecule has 0 fully saturated rings. The predicted octanol–water partition coefficient (Wildman–Crippen LogP) is 29.8. The molecule has 0 amide bonds. The molecule has 0 unspecified atom stereocenters. The number of carboxylic acids is 1. The third-order valence-electron chi connectivity index (χ3n) is 19.2. The monoisotopic (exact) mass is 1300 g/mol. The number of hydrogen-bond donors (Lipinski definition) is 1. The first kappa shape index (κ1) is 88.8. The molecule has 0 spiro atoms. The molecule has 89 heavy (non-hydrogen) atoms. The maximum Gasteiger partial charge on any atom is 0.345 e. The molecule has 8 nitrogen and oxygen atoms in total. The lowest BCUT2D eigenvalue weighted by atomic mass is 10.0. The van der Waals surface area contributed by atoms with Crippen LogP contribution in [-0.2, 0) is 32.0 Å². The lowest BCUT2D eigenvalue weighted by molar-refractivity contribution is -0.137. The highest BCUT2D eigenvalue weighted by Crippen LogP contribution is 2.72. The van der Waals surface area contributed by atoms with Crippen LogP contribution in [0, 0.1) is 0 Å². The Morgan fingerprint density at radius 3 is 0.539 bits per heavy atom. The second-order valence-electron chi connectivity index (χ2n) is 28.1. The summed E-state index contributed by atoms with van der Waals surface area (Å²) in [4.78, 5) is 11.6. The minimum atomic E-state index is -4.01. The summed E-state index contributed by atoms with van der Waals surface area (Å²) in [5.41, 5.74) is 0. The second-order valence-corrected chi connectivity index (χ2v) is 32.9. The summed E-state index contributed by atoms with van der Waals surface area (Å²) >= 11 is 0. The zero-order chi connectivity index (χ0) is 64.6. The van der Waals surface area contributed by atoms with Crippen LogP contribution < -0.4 is 0 Å². The maximum atomic E-state index is 15.7. The molecule has 0 saturated heterocycles. The van der Waals surface area contributed by atoms with Crippen molar-refractivity contribution >= 4 is 21.2 Å². The molecule has 0 saturated carbocycles. The van der Waals surface area contributed by atoms with Gasteiger partial charge in [-0.3, -0.25) is 13.9 Å². The number of aliphatic carboxylic acids is 1. The Labute approximate surface area is 558 Å². The van der Waals surface area contributed by atoms with Gasteiger partial charge in [0.25, 0.3) is 0 Å². The van der Waals surface area contributed by atoms with Crippen molar-refractivity contribution in [1.29, 1.82) is 0 Å². The van der Waals surface area contributed by atoms with Gasteiger partial charge in [0.1, 0.15) is 0 Å². The van der Waals surface area contributed by atoms with E-state index in [2.05, 4.69) is 27.7 Å². The smallest absolute Gasteiger partial charge is 0.345 e. The third-order valence-corrected chi connectivity index (χ3v) is 25.0. The van der Waals surface area contributed by atoms with Gasteiger partial charge in [0, 0.05) is 6.42 Å². The number of hydrogen-bond acceptors (Lipinski definition) is 7. The van der Waals surface area contributed by atoms with E-state index in [9.17, 15) is 9.90 Å².